The van der Waals surface area contributed by atoms with Gasteiger partial charge in [0.1, 0.15) is 0 Å². The Morgan fingerprint density at radius 3 is 2.57 bits per heavy atom. The Morgan fingerprint density at radius 2 is 1.87 bits per heavy atom. The Morgan fingerprint density at radius 1 is 1.13 bits per heavy atom. The molecule has 1 N–H and O–H groups in total. The van der Waals surface area contributed by atoms with Crippen LogP contribution in [0.4, 0.5) is 5.13 Å². The highest BCUT2D eigenvalue weighted by Gasteiger charge is 2.12. The topological polar surface area (TPSA) is 42.0 Å². The number of rotatable bonds is 3. The van der Waals surface area contributed by atoms with Gasteiger partial charge in [-0.2, -0.15) is 0 Å². The third kappa shape index (κ3) is 3.79. The zero-order valence-corrected chi connectivity index (χ0v) is 15.7. The summed E-state index contributed by atoms with van der Waals surface area (Å²) in [6.07, 6.45) is 0. The summed E-state index contributed by atoms with van der Waals surface area (Å²) in [4.78, 5) is 16.9. The number of aryl methyl sites for hydroxylation is 2. The van der Waals surface area contributed by atoms with Crippen LogP contribution in [0, 0.1) is 17.4 Å². The van der Waals surface area contributed by atoms with Gasteiger partial charge in [0, 0.05) is 20.1 Å². The van der Waals surface area contributed by atoms with Gasteiger partial charge in [-0.1, -0.05) is 29.8 Å². The van der Waals surface area contributed by atoms with E-state index >= 15 is 0 Å². The average Bonchev–Trinajstić information content (AvgIpc) is 2.96. The predicted octanol–water partition coefficient (Wildman–Crippen LogP) is 5.28. The van der Waals surface area contributed by atoms with E-state index in [1.807, 2.05) is 61.7 Å². The molecule has 1 heterocycles. The zero-order valence-electron chi connectivity index (χ0n) is 12.8. The summed E-state index contributed by atoms with van der Waals surface area (Å²) < 4.78 is 1.19. The van der Waals surface area contributed by atoms with Gasteiger partial charge in [0.2, 0.25) is 0 Å². The lowest BCUT2D eigenvalue weighted by molar-refractivity contribution is 0.102. The molecule has 0 unspecified atom stereocenters. The van der Waals surface area contributed by atoms with Gasteiger partial charge in [-0.25, -0.2) is 4.98 Å². The molecule has 0 spiro atoms. The molecule has 0 saturated heterocycles. The maximum Gasteiger partial charge on any atom is 0.257 e. The highest BCUT2D eigenvalue weighted by atomic mass is 127. The number of hydrogen-bond acceptors (Lipinski definition) is 3. The van der Waals surface area contributed by atoms with Gasteiger partial charge in [0.25, 0.3) is 5.91 Å². The maximum absolute atomic E-state index is 12.4. The van der Waals surface area contributed by atoms with Gasteiger partial charge in [0.05, 0.1) is 5.69 Å². The summed E-state index contributed by atoms with van der Waals surface area (Å²) in [7, 11) is 0. The van der Waals surface area contributed by atoms with Crippen molar-refractivity contribution >= 4 is 45.0 Å². The first-order valence-electron chi connectivity index (χ1n) is 7.13. The quantitative estimate of drug-likeness (QED) is 0.570. The van der Waals surface area contributed by atoms with Gasteiger partial charge in [-0.15, -0.1) is 11.3 Å². The van der Waals surface area contributed by atoms with Crippen molar-refractivity contribution in [1.29, 1.82) is 0 Å². The summed E-state index contributed by atoms with van der Waals surface area (Å²) in [6.45, 7) is 3.96. The van der Waals surface area contributed by atoms with E-state index in [4.69, 9.17) is 0 Å². The van der Waals surface area contributed by atoms with Crippen molar-refractivity contribution in [2.24, 2.45) is 0 Å². The molecule has 3 rings (SSSR count). The molecule has 5 heteroatoms. The van der Waals surface area contributed by atoms with E-state index in [1.54, 1.807) is 0 Å². The molecule has 0 fully saturated rings. The van der Waals surface area contributed by atoms with Crippen molar-refractivity contribution in [3.8, 4) is 11.3 Å². The second-order valence-corrected chi connectivity index (χ2v) is 7.42. The lowest BCUT2D eigenvalue weighted by Crippen LogP contribution is -2.13. The molecule has 116 valence electrons. The zero-order chi connectivity index (χ0) is 16.4. The minimum atomic E-state index is -0.119. The summed E-state index contributed by atoms with van der Waals surface area (Å²) >= 11 is 3.71. The first kappa shape index (κ1) is 16.1. The van der Waals surface area contributed by atoms with Crippen LogP contribution < -0.4 is 5.32 Å². The van der Waals surface area contributed by atoms with Gasteiger partial charge >= 0.3 is 0 Å². The molecule has 0 aliphatic carbocycles. The standard InChI is InChI=1S/C18H15IN2OS/c1-11-3-8-15(12(2)9-11)17(22)21-18-20-16(10-23-18)13-4-6-14(19)7-5-13/h3-10H,1-2H3,(H,20,21,22). The Labute approximate surface area is 152 Å². The van der Waals surface area contributed by atoms with Crippen LogP contribution in [0.3, 0.4) is 0 Å². The van der Waals surface area contributed by atoms with Crippen LogP contribution >= 0.6 is 33.9 Å². The lowest BCUT2D eigenvalue weighted by Gasteiger charge is -2.06. The summed E-state index contributed by atoms with van der Waals surface area (Å²) in [5, 5.41) is 5.46. The summed E-state index contributed by atoms with van der Waals surface area (Å²) in [6, 6.07) is 14.0. The fraction of sp³-hybridized carbons (Fsp3) is 0.111. The Kier molecular flexibility index (Phi) is 4.77. The third-order valence-electron chi connectivity index (χ3n) is 3.49. The number of thiazole rings is 1. The number of halogens is 1. The molecule has 3 aromatic rings. The number of amides is 1. The number of benzene rings is 2. The fourth-order valence-corrected chi connectivity index (χ4v) is 3.39. The molecule has 1 aromatic heterocycles. The summed E-state index contributed by atoms with van der Waals surface area (Å²) in [5.74, 6) is -0.119. The van der Waals surface area contributed by atoms with E-state index in [2.05, 4.69) is 32.9 Å². The number of aromatic nitrogens is 1. The smallest absolute Gasteiger partial charge is 0.257 e. The molecule has 0 atom stereocenters. The lowest BCUT2D eigenvalue weighted by atomic mass is 10.1. The second kappa shape index (κ2) is 6.80. The Balaban J connectivity index is 1.78. The molecule has 3 nitrogen and oxygen atoms in total. The Hall–Kier alpha value is -1.73. The molecule has 1 amide bonds. The van der Waals surface area contributed by atoms with Crippen LogP contribution in [0.25, 0.3) is 11.3 Å². The molecular weight excluding hydrogens is 419 g/mol. The van der Waals surface area contributed by atoms with Crippen molar-refractivity contribution in [2.75, 3.05) is 5.32 Å². The van der Waals surface area contributed by atoms with E-state index < -0.39 is 0 Å². The highest BCUT2D eigenvalue weighted by molar-refractivity contribution is 14.1. The SMILES string of the molecule is Cc1ccc(C(=O)Nc2nc(-c3ccc(I)cc3)cs2)c(C)c1. The molecule has 23 heavy (non-hydrogen) atoms. The molecular formula is C18H15IN2OS. The van der Waals surface area contributed by atoms with Gasteiger partial charge in [-0.05, 0) is 60.2 Å². The van der Waals surface area contributed by atoms with E-state index in [9.17, 15) is 4.79 Å². The largest absolute Gasteiger partial charge is 0.298 e. The fourth-order valence-electron chi connectivity index (χ4n) is 2.32. The minimum absolute atomic E-state index is 0.119. The van der Waals surface area contributed by atoms with E-state index in [-0.39, 0.29) is 5.91 Å². The van der Waals surface area contributed by atoms with Crippen molar-refractivity contribution in [1.82, 2.24) is 4.98 Å². The van der Waals surface area contributed by atoms with Crippen LogP contribution in [0.15, 0.2) is 47.8 Å². The molecule has 0 saturated carbocycles. The van der Waals surface area contributed by atoms with Crippen LogP contribution in [0.1, 0.15) is 21.5 Å². The highest BCUT2D eigenvalue weighted by Crippen LogP contribution is 2.26. The van der Waals surface area contributed by atoms with Crippen molar-refractivity contribution in [2.45, 2.75) is 13.8 Å². The van der Waals surface area contributed by atoms with Crippen LogP contribution in [0.2, 0.25) is 0 Å². The molecule has 0 radical (unpaired) electrons. The normalized spacial score (nSPS) is 10.6. The molecule has 2 aromatic carbocycles. The molecule has 0 aliphatic heterocycles. The van der Waals surface area contributed by atoms with Gasteiger partial charge < -0.3 is 0 Å². The van der Waals surface area contributed by atoms with Gasteiger partial charge in [0.15, 0.2) is 5.13 Å². The number of carbonyl (C=O) groups is 1. The van der Waals surface area contributed by atoms with Crippen LogP contribution in [-0.2, 0) is 0 Å². The second-order valence-electron chi connectivity index (χ2n) is 5.32. The number of nitrogens with one attached hydrogen (secondary N) is 1. The Bertz CT molecular complexity index is 856. The number of nitrogens with zero attached hydrogens (tertiary/aromatic N) is 1. The predicted molar refractivity (Wildman–Crippen MR) is 104 cm³/mol. The third-order valence-corrected chi connectivity index (χ3v) is 4.97. The number of hydrogen-bond donors (Lipinski definition) is 1. The van der Waals surface area contributed by atoms with Crippen LogP contribution in [0.5, 0.6) is 0 Å². The van der Waals surface area contributed by atoms with E-state index in [1.165, 1.54) is 14.9 Å². The van der Waals surface area contributed by atoms with Gasteiger partial charge in [-0.3, -0.25) is 10.1 Å². The van der Waals surface area contributed by atoms with E-state index in [0.29, 0.717) is 10.7 Å². The maximum atomic E-state index is 12.4. The van der Waals surface area contributed by atoms with Crippen molar-refractivity contribution in [3.05, 3.63) is 68.1 Å². The monoisotopic (exact) mass is 434 g/mol. The molecule has 0 bridgehead atoms. The minimum Gasteiger partial charge on any atom is -0.298 e. The summed E-state index contributed by atoms with van der Waals surface area (Å²) in [5.41, 5.74) is 4.73. The average molecular weight is 434 g/mol. The first-order chi connectivity index (χ1) is 11.0. The van der Waals surface area contributed by atoms with Crippen LogP contribution in [-0.4, -0.2) is 10.9 Å². The number of carbonyl (C=O) groups excluding carboxylic acids is 1. The number of anilines is 1. The van der Waals surface area contributed by atoms with E-state index in [0.717, 1.165) is 22.4 Å². The molecule has 0 aliphatic rings. The first-order valence-corrected chi connectivity index (χ1v) is 9.09. The van der Waals surface area contributed by atoms with Crippen molar-refractivity contribution < 1.29 is 4.79 Å². The van der Waals surface area contributed by atoms with Crippen molar-refractivity contribution in [3.63, 3.8) is 0 Å².